The second kappa shape index (κ2) is 11.9. The summed E-state index contributed by atoms with van der Waals surface area (Å²) in [5.74, 6) is 2.37. The van der Waals surface area contributed by atoms with Crippen LogP contribution in [-0.2, 0) is 13.1 Å². The monoisotopic (exact) mass is 503 g/mol. The number of benzene rings is 2. The summed E-state index contributed by atoms with van der Waals surface area (Å²) in [5.41, 5.74) is 3.16. The molecule has 3 aromatic rings. The topological polar surface area (TPSA) is 74.3 Å². The number of imidazole rings is 1. The number of aromatic nitrogens is 2. The molecule has 152 valence electrons. The van der Waals surface area contributed by atoms with Crippen molar-refractivity contribution in [2.24, 2.45) is 4.99 Å². The fourth-order valence-corrected chi connectivity index (χ4v) is 2.72. The van der Waals surface area contributed by atoms with Crippen LogP contribution in [0.5, 0.6) is 5.75 Å². The van der Waals surface area contributed by atoms with Crippen LogP contribution in [0.3, 0.4) is 0 Å². The maximum atomic E-state index is 5.69. The van der Waals surface area contributed by atoms with Crippen molar-refractivity contribution in [2.75, 3.05) is 13.7 Å². The third kappa shape index (κ3) is 6.63. The molecule has 0 aliphatic rings. The van der Waals surface area contributed by atoms with Crippen LogP contribution < -0.4 is 15.4 Å². The van der Waals surface area contributed by atoms with Crippen LogP contribution in [0.1, 0.15) is 11.4 Å². The molecule has 6 nitrogen and oxygen atoms in total. The van der Waals surface area contributed by atoms with Gasteiger partial charge in [-0.3, -0.25) is 4.99 Å². The van der Waals surface area contributed by atoms with E-state index in [1.165, 1.54) is 0 Å². The van der Waals surface area contributed by atoms with Crippen LogP contribution in [0.25, 0.3) is 11.3 Å². The number of aliphatic imine (C=N–C) groups is 1. The van der Waals surface area contributed by atoms with E-state index in [0.717, 1.165) is 28.4 Å². The van der Waals surface area contributed by atoms with Crippen LogP contribution in [0.2, 0.25) is 0 Å². The molecule has 0 aliphatic carbocycles. The fourth-order valence-electron chi connectivity index (χ4n) is 2.72. The predicted molar refractivity (Wildman–Crippen MR) is 129 cm³/mol. The van der Waals surface area contributed by atoms with Crippen LogP contribution in [-0.4, -0.2) is 29.6 Å². The molecule has 2 aromatic carbocycles. The van der Waals surface area contributed by atoms with Crippen molar-refractivity contribution in [1.82, 2.24) is 20.6 Å². The third-order valence-electron chi connectivity index (χ3n) is 4.14. The Morgan fingerprint density at radius 1 is 1.10 bits per heavy atom. The number of halogens is 1. The fraction of sp³-hybridized carbons (Fsp3) is 0.182. The lowest BCUT2D eigenvalue weighted by atomic mass is 10.2. The number of H-pyrrole nitrogens is 1. The summed E-state index contributed by atoms with van der Waals surface area (Å²) in [7, 11) is 1.74. The molecule has 3 rings (SSSR count). The minimum absolute atomic E-state index is 0. The van der Waals surface area contributed by atoms with Gasteiger partial charge in [-0.15, -0.1) is 24.0 Å². The van der Waals surface area contributed by atoms with E-state index in [-0.39, 0.29) is 24.0 Å². The number of hydrogen-bond donors (Lipinski definition) is 3. The average molecular weight is 503 g/mol. The first-order valence-electron chi connectivity index (χ1n) is 9.15. The number of rotatable bonds is 8. The highest BCUT2D eigenvalue weighted by atomic mass is 127. The van der Waals surface area contributed by atoms with Crippen molar-refractivity contribution >= 4 is 29.9 Å². The van der Waals surface area contributed by atoms with E-state index in [2.05, 4.69) is 44.3 Å². The van der Waals surface area contributed by atoms with Gasteiger partial charge in [-0.2, -0.15) is 0 Å². The van der Waals surface area contributed by atoms with E-state index >= 15 is 0 Å². The van der Waals surface area contributed by atoms with E-state index in [1.807, 2.05) is 48.7 Å². The lowest BCUT2D eigenvalue weighted by molar-refractivity contribution is 0.358. The standard InChI is InChI=1S/C22H25N5O.HI/c1-3-13-28-20-12-8-7-11-18(20)14-25-22(23-2)26-16-21-24-15-19(27-21)17-9-5-4-6-10-17;/h3-12,15H,1,13-14,16H2,2H3,(H,24,27)(H2,23,25,26);1H. The van der Waals surface area contributed by atoms with Crippen molar-refractivity contribution in [2.45, 2.75) is 13.1 Å². The summed E-state index contributed by atoms with van der Waals surface area (Å²) >= 11 is 0. The Morgan fingerprint density at radius 3 is 2.59 bits per heavy atom. The summed E-state index contributed by atoms with van der Waals surface area (Å²) in [4.78, 5) is 12.0. The number of aromatic amines is 1. The summed E-state index contributed by atoms with van der Waals surface area (Å²) in [5, 5.41) is 6.57. The van der Waals surface area contributed by atoms with Gasteiger partial charge < -0.3 is 20.4 Å². The predicted octanol–water partition coefficient (Wildman–Crippen LogP) is 4.12. The molecule has 1 aromatic heterocycles. The average Bonchev–Trinajstić information content (AvgIpc) is 3.23. The molecule has 0 unspecified atom stereocenters. The zero-order chi connectivity index (χ0) is 19.6. The molecule has 0 spiro atoms. The van der Waals surface area contributed by atoms with E-state index in [9.17, 15) is 0 Å². The van der Waals surface area contributed by atoms with Gasteiger partial charge in [0.1, 0.15) is 18.2 Å². The summed E-state index contributed by atoms with van der Waals surface area (Å²) in [6.45, 7) is 5.31. The zero-order valence-electron chi connectivity index (χ0n) is 16.4. The molecule has 0 bridgehead atoms. The molecular weight excluding hydrogens is 477 g/mol. The minimum Gasteiger partial charge on any atom is -0.489 e. The summed E-state index contributed by atoms with van der Waals surface area (Å²) in [6.07, 6.45) is 3.58. The van der Waals surface area contributed by atoms with Gasteiger partial charge in [-0.25, -0.2) is 4.98 Å². The van der Waals surface area contributed by atoms with Crippen molar-refractivity contribution in [3.8, 4) is 17.0 Å². The summed E-state index contributed by atoms with van der Waals surface area (Å²) < 4.78 is 5.69. The molecule has 0 atom stereocenters. The molecule has 0 saturated carbocycles. The molecule has 1 heterocycles. The highest BCUT2D eigenvalue weighted by Gasteiger charge is 2.06. The van der Waals surface area contributed by atoms with Gasteiger partial charge in [-0.1, -0.05) is 61.2 Å². The van der Waals surface area contributed by atoms with Gasteiger partial charge in [-0.05, 0) is 11.6 Å². The second-order valence-electron chi connectivity index (χ2n) is 6.10. The molecule has 3 N–H and O–H groups in total. The van der Waals surface area contributed by atoms with Gasteiger partial charge in [0.05, 0.1) is 18.4 Å². The lowest BCUT2D eigenvalue weighted by Crippen LogP contribution is -2.36. The minimum atomic E-state index is 0. The first-order chi connectivity index (χ1) is 13.8. The number of ether oxygens (including phenoxy) is 1. The normalized spacial score (nSPS) is 10.7. The number of hydrogen-bond acceptors (Lipinski definition) is 3. The number of nitrogens with zero attached hydrogens (tertiary/aromatic N) is 2. The highest BCUT2D eigenvalue weighted by Crippen LogP contribution is 2.18. The van der Waals surface area contributed by atoms with E-state index in [1.54, 1.807) is 13.1 Å². The highest BCUT2D eigenvalue weighted by molar-refractivity contribution is 14.0. The van der Waals surface area contributed by atoms with E-state index in [4.69, 9.17) is 4.74 Å². The van der Waals surface area contributed by atoms with Crippen molar-refractivity contribution in [3.05, 3.63) is 84.8 Å². The molecular formula is C22H26IN5O. The quantitative estimate of drug-likeness (QED) is 0.187. The number of guanidine groups is 1. The second-order valence-corrected chi connectivity index (χ2v) is 6.10. The van der Waals surface area contributed by atoms with Gasteiger partial charge in [0.25, 0.3) is 0 Å². The van der Waals surface area contributed by atoms with Crippen molar-refractivity contribution in [3.63, 3.8) is 0 Å². The van der Waals surface area contributed by atoms with Gasteiger partial charge in [0, 0.05) is 19.2 Å². The largest absolute Gasteiger partial charge is 0.489 e. The molecule has 0 aliphatic heterocycles. The summed E-state index contributed by atoms with van der Waals surface area (Å²) in [6, 6.07) is 18.0. The van der Waals surface area contributed by atoms with Crippen LogP contribution in [0, 0.1) is 0 Å². The zero-order valence-corrected chi connectivity index (χ0v) is 18.7. The van der Waals surface area contributed by atoms with E-state index < -0.39 is 0 Å². The molecule has 7 heteroatoms. The molecule has 0 radical (unpaired) electrons. The Labute approximate surface area is 188 Å². The van der Waals surface area contributed by atoms with Gasteiger partial charge in [0.15, 0.2) is 5.96 Å². The smallest absolute Gasteiger partial charge is 0.191 e. The Hall–Kier alpha value is -2.81. The first-order valence-corrected chi connectivity index (χ1v) is 9.15. The lowest BCUT2D eigenvalue weighted by Gasteiger charge is -2.14. The Kier molecular flexibility index (Phi) is 9.23. The first kappa shape index (κ1) is 22.5. The number of nitrogens with one attached hydrogen (secondary N) is 3. The Bertz CT molecular complexity index is 924. The third-order valence-corrected chi connectivity index (χ3v) is 4.14. The maximum absolute atomic E-state index is 5.69. The maximum Gasteiger partial charge on any atom is 0.191 e. The van der Waals surface area contributed by atoms with Gasteiger partial charge >= 0.3 is 0 Å². The molecule has 0 saturated heterocycles. The number of para-hydroxylation sites is 1. The molecule has 0 fully saturated rings. The van der Waals surface area contributed by atoms with Gasteiger partial charge in [0.2, 0.25) is 0 Å². The Balaban J connectivity index is 0.00000300. The molecule has 0 amide bonds. The van der Waals surface area contributed by atoms with E-state index in [0.29, 0.717) is 25.7 Å². The van der Waals surface area contributed by atoms with Crippen molar-refractivity contribution in [1.29, 1.82) is 0 Å². The SMILES string of the molecule is C=CCOc1ccccc1CNC(=NC)NCc1ncc(-c2ccccc2)[nH]1.I. The Morgan fingerprint density at radius 2 is 1.83 bits per heavy atom. The van der Waals surface area contributed by atoms with Crippen LogP contribution >= 0.6 is 24.0 Å². The van der Waals surface area contributed by atoms with Crippen LogP contribution in [0.4, 0.5) is 0 Å². The van der Waals surface area contributed by atoms with Crippen LogP contribution in [0.15, 0.2) is 78.4 Å². The van der Waals surface area contributed by atoms with Crippen molar-refractivity contribution < 1.29 is 4.74 Å². The molecule has 29 heavy (non-hydrogen) atoms.